The molecule has 0 aliphatic carbocycles. The zero-order valence-corrected chi connectivity index (χ0v) is 65.9. The SMILES string of the molecule is CCCCCCCCCC/C=C\CCCCCCCCCCCCCCCCCCCCCCCC(=O)OC(COC(=O)CCCCCCCCCCCCCCCCCCCCCCCCCCCCCCCCCCCCCCCC)COP(=O)(O)OCC[N+](C)(C)C. The van der Waals surface area contributed by atoms with Gasteiger partial charge in [-0.05, 0) is 38.5 Å². The Morgan fingerprint density at radius 3 is 0.779 bits per heavy atom. The number of carbonyl (C=O) groups is 2. The van der Waals surface area contributed by atoms with Crippen LogP contribution in [-0.2, 0) is 32.7 Å². The van der Waals surface area contributed by atoms with Crippen molar-refractivity contribution in [2.24, 2.45) is 0 Å². The Kier molecular flexibility index (Phi) is 75.9. The van der Waals surface area contributed by atoms with E-state index in [-0.39, 0.29) is 25.6 Å². The number of allylic oxidation sites excluding steroid dienone is 2. The molecular weight excluding hydrogens is 1190 g/mol. The lowest BCUT2D eigenvalue weighted by atomic mass is 10.0. The first kappa shape index (κ1) is 93.8. The molecular formula is C85H169NO8P+. The summed E-state index contributed by atoms with van der Waals surface area (Å²) in [5, 5.41) is 0. The first-order chi connectivity index (χ1) is 46.5. The predicted octanol–water partition coefficient (Wildman–Crippen LogP) is 28.6. The molecule has 0 bridgehead atoms. The predicted molar refractivity (Wildman–Crippen MR) is 414 cm³/mol. The van der Waals surface area contributed by atoms with Gasteiger partial charge in [0.15, 0.2) is 6.10 Å². The van der Waals surface area contributed by atoms with Gasteiger partial charge in [-0.2, -0.15) is 0 Å². The normalized spacial score (nSPS) is 12.9. The second-order valence-corrected chi connectivity index (χ2v) is 32.4. The van der Waals surface area contributed by atoms with Crippen molar-refractivity contribution in [2.75, 3.05) is 47.5 Å². The quantitative estimate of drug-likeness (QED) is 0.0211. The third-order valence-corrected chi connectivity index (χ3v) is 21.0. The van der Waals surface area contributed by atoms with Crippen molar-refractivity contribution in [2.45, 2.75) is 476 Å². The molecule has 0 saturated carbocycles. The fraction of sp³-hybridized carbons (Fsp3) is 0.953. The van der Waals surface area contributed by atoms with E-state index in [0.29, 0.717) is 17.4 Å². The summed E-state index contributed by atoms with van der Waals surface area (Å²) >= 11 is 0. The Labute approximate surface area is 594 Å². The smallest absolute Gasteiger partial charge is 0.462 e. The fourth-order valence-corrected chi connectivity index (χ4v) is 14.2. The van der Waals surface area contributed by atoms with Crippen LogP contribution in [0.1, 0.15) is 470 Å². The maximum Gasteiger partial charge on any atom is 0.472 e. The Hall–Kier alpha value is -1.25. The molecule has 0 spiro atoms. The lowest BCUT2D eigenvalue weighted by Crippen LogP contribution is -2.37. The van der Waals surface area contributed by atoms with Crippen LogP contribution in [0.25, 0.3) is 0 Å². The summed E-state index contributed by atoms with van der Waals surface area (Å²) < 4.78 is 34.9. The van der Waals surface area contributed by atoms with Crippen molar-refractivity contribution >= 4 is 19.8 Å². The summed E-state index contributed by atoms with van der Waals surface area (Å²) in [4.78, 5) is 36.0. The molecule has 0 saturated heterocycles. The largest absolute Gasteiger partial charge is 0.472 e. The summed E-state index contributed by atoms with van der Waals surface area (Å²) in [5.41, 5.74) is 0. The van der Waals surface area contributed by atoms with Gasteiger partial charge in [0.2, 0.25) is 0 Å². The zero-order chi connectivity index (χ0) is 69.0. The monoisotopic (exact) mass is 1360 g/mol. The summed E-state index contributed by atoms with van der Waals surface area (Å²) in [5.74, 6) is -0.765. The lowest BCUT2D eigenvalue weighted by Gasteiger charge is -2.24. The fourth-order valence-electron chi connectivity index (χ4n) is 13.5. The van der Waals surface area contributed by atoms with Crippen LogP contribution in [0.4, 0.5) is 0 Å². The van der Waals surface area contributed by atoms with Gasteiger partial charge in [-0.3, -0.25) is 18.6 Å². The minimum Gasteiger partial charge on any atom is -0.462 e. The number of likely N-dealkylation sites (N-methyl/N-ethyl adjacent to an activating group) is 1. The zero-order valence-electron chi connectivity index (χ0n) is 65.0. The molecule has 2 atom stereocenters. The maximum absolute atomic E-state index is 12.9. The minimum atomic E-state index is -4.39. The van der Waals surface area contributed by atoms with Gasteiger partial charge < -0.3 is 18.9 Å². The second-order valence-electron chi connectivity index (χ2n) is 30.9. The molecule has 2 unspecified atom stereocenters. The standard InChI is InChI=1S/C85H168NO8P/c1-6-8-10-12-14-16-18-20-22-24-26-28-30-32-34-36-38-40-41-42-43-44-46-47-49-51-53-55-57-59-61-63-65-67-69-71-73-75-77-84(87)91-81-83(82-93-95(89,90)92-80-79-86(3,4)5)94-85(88)78-76-74-72-70-68-66-64-62-60-58-56-54-52-50-48-45-39-37-35-33-31-29-27-25-23-21-19-17-15-13-11-9-7-2/h25,27,83H,6-24,26,28-82H2,1-5H3/p+1/b27-25-. The number of esters is 2. The number of hydrogen-bond donors (Lipinski definition) is 1. The summed E-state index contributed by atoms with van der Waals surface area (Å²) in [7, 11) is 1.51. The van der Waals surface area contributed by atoms with Crippen LogP contribution in [0.3, 0.4) is 0 Å². The van der Waals surface area contributed by atoms with Crippen molar-refractivity contribution in [3.05, 3.63) is 12.2 Å². The minimum absolute atomic E-state index is 0.0370. The molecule has 566 valence electrons. The van der Waals surface area contributed by atoms with E-state index in [0.717, 1.165) is 38.5 Å². The molecule has 1 N–H and O–H groups in total. The Morgan fingerprint density at radius 2 is 0.537 bits per heavy atom. The molecule has 0 rings (SSSR count). The number of nitrogens with zero attached hydrogens (tertiary/aromatic N) is 1. The Balaban J connectivity index is 3.85. The molecule has 0 radical (unpaired) electrons. The number of carbonyl (C=O) groups excluding carboxylic acids is 2. The van der Waals surface area contributed by atoms with Crippen LogP contribution >= 0.6 is 7.82 Å². The highest BCUT2D eigenvalue weighted by atomic mass is 31.2. The van der Waals surface area contributed by atoms with Gasteiger partial charge >= 0.3 is 19.8 Å². The third kappa shape index (κ3) is 81.6. The molecule has 0 aliphatic heterocycles. The average molecular weight is 1360 g/mol. The number of hydrogen-bond acceptors (Lipinski definition) is 7. The van der Waals surface area contributed by atoms with Crippen LogP contribution in [0, 0.1) is 0 Å². The third-order valence-electron chi connectivity index (χ3n) is 20.0. The van der Waals surface area contributed by atoms with E-state index in [1.807, 2.05) is 21.1 Å². The molecule has 9 nitrogen and oxygen atoms in total. The van der Waals surface area contributed by atoms with E-state index in [1.165, 1.54) is 405 Å². The summed E-state index contributed by atoms with van der Waals surface area (Å²) in [6, 6.07) is 0. The van der Waals surface area contributed by atoms with Crippen molar-refractivity contribution in [3.8, 4) is 0 Å². The Bertz CT molecular complexity index is 1600. The van der Waals surface area contributed by atoms with Gasteiger partial charge in [0.25, 0.3) is 0 Å². The summed E-state index contributed by atoms with van der Waals surface area (Å²) in [6.07, 6.45) is 98.3. The van der Waals surface area contributed by atoms with E-state index in [2.05, 4.69) is 26.0 Å². The van der Waals surface area contributed by atoms with Crippen molar-refractivity contribution in [3.63, 3.8) is 0 Å². The number of ether oxygens (including phenoxy) is 2. The maximum atomic E-state index is 12.9. The molecule has 0 aromatic heterocycles. The first-order valence-corrected chi connectivity index (χ1v) is 44.4. The lowest BCUT2D eigenvalue weighted by molar-refractivity contribution is -0.870. The van der Waals surface area contributed by atoms with Crippen LogP contribution in [0.5, 0.6) is 0 Å². The molecule has 0 heterocycles. The van der Waals surface area contributed by atoms with Gasteiger partial charge in [0, 0.05) is 12.8 Å². The van der Waals surface area contributed by atoms with Gasteiger partial charge in [-0.1, -0.05) is 431 Å². The van der Waals surface area contributed by atoms with E-state index in [1.54, 1.807) is 0 Å². The van der Waals surface area contributed by atoms with Gasteiger partial charge in [0.05, 0.1) is 27.7 Å². The van der Waals surface area contributed by atoms with Crippen LogP contribution in [0.15, 0.2) is 12.2 Å². The molecule has 95 heavy (non-hydrogen) atoms. The molecule has 0 aromatic rings. The molecule has 10 heteroatoms. The average Bonchev–Trinajstić information content (AvgIpc) is 1.80. The number of phosphoric acid groups is 1. The number of quaternary nitrogens is 1. The van der Waals surface area contributed by atoms with Crippen LogP contribution in [-0.4, -0.2) is 74.9 Å². The van der Waals surface area contributed by atoms with E-state index >= 15 is 0 Å². The van der Waals surface area contributed by atoms with Crippen molar-refractivity contribution in [1.82, 2.24) is 0 Å². The molecule has 0 amide bonds. The van der Waals surface area contributed by atoms with Gasteiger partial charge in [0.1, 0.15) is 19.8 Å². The van der Waals surface area contributed by atoms with Crippen LogP contribution < -0.4 is 0 Å². The number of phosphoric ester groups is 1. The van der Waals surface area contributed by atoms with Crippen molar-refractivity contribution < 1.29 is 42.1 Å². The van der Waals surface area contributed by atoms with Crippen molar-refractivity contribution in [1.29, 1.82) is 0 Å². The Morgan fingerprint density at radius 1 is 0.316 bits per heavy atom. The van der Waals surface area contributed by atoms with Gasteiger partial charge in [-0.25, -0.2) is 4.57 Å². The number of rotatable bonds is 82. The highest BCUT2D eigenvalue weighted by molar-refractivity contribution is 7.47. The van der Waals surface area contributed by atoms with Gasteiger partial charge in [-0.15, -0.1) is 0 Å². The topological polar surface area (TPSA) is 108 Å². The molecule has 0 fully saturated rings. The highest BCUT2D eigenvalue weighted by Gasteiger charge is 2.27. The first-order valence-electron chi connectivity index (χ1n) is 42.9. The van der Waals surface area contributed by atoms with E-state index < -0.39 is 26.5 Å². The van der Waals surface area contributed by atoms with Crippen LogP contribution in [0.2, 0.25) is 0 Å². The summed E-state index contributed by atoms with van der Waals surface area (Å²) in [6.45, 7) is 4.54. The van der Waals surface area contributed by atoms with E-state index in [9.17, 15) is 19.0 Å². The van der Waals surface area contributed by atoms with E-state index in [4.69, 9.17) is 18.5 Å². The second kappa shape index (κ2) is 76.9. The molecule has 0 aromatic carbocycles. The highest BCUT2D eigenvalue weighted by Crippen LogP contribution is 2.43. The number of unbranched alkanes of at least 4 members (excludes halogenated alkanes) is 66. The molecule has 0 aliphatic rings.